The first-order valence-corrected chi connectivity index (χ1v) is 8.42. The number of fused-ring (bicyclic) bond motifs is 1. The molecule has 2 aromatic carbocycles. The molecule has 1 atom stereocenters. The lowest BCUT2D eigenvalue weighted by atomic mass is 10.1. The summed E-state index contributed by atoms with van der Waals surface area (Å²) in [5.41, 5.74) is 0.149. The van der Waals surface area contributed by atoms with Crippen LogP contribution in [0.25, 0.3) is 6.08 Å². The highest BCUT2D eigenvalue weighted by atomic mass is 35.5. The van der Waals surface area contributed by atoms with Gasteiger partial charge in [-0.05, 0) is 43.3 Å². The van der Waals surface area contributed by atoms with E-state index in [2.05, 4.69) is 0 Å². The molecular weight excluding hydrogens is 399 g/mol. The molecule has 1 N–H and O–H groups in total. The molecule has 0 aromatic heterocycles. The number of halogens is 4. The van der Waals surface area contributed by atoms with E-state index in [1.54, 1.807) is 18.2 Å². The third kappa shape index (κ3) is 4.12. The van der Waals surface area contributed by atoms with Gasteiger partial charge in [-0.3, -0.25) is 4.79 Å². The standard InChI is InChI=1S/C19H13ClF3NO4/c1-9(18(25)24-14-4-3-13(21)16(22)17(14)23)28-19(26)11-6-10-7-12(20)2-5-15(10)27-8-11/h2-7,9H,8H2,1H3,(H,24,25). The molecule has 146 valence electrons. The SMILES string of the molecule is CC(OC(=O)C1=Cc2cc(Cl)ccc2OC1)C(=O)Nc1ccc(F)c(F)c1F. The molecule has 1 heterocycles. The first-order valence-electron chi connectivity index (χ1n) is 8.04. The van der Waals surface area contributed by atoms with E-state index in [-0.39, 0.29) is 12.2 Å². The van der Waals surface area contributed by atoms with Gasteiger partial charge in [-0.2, -0.15) is 0 Å². The molecular formula is C19H13ClF3NO4. The van der Waals surface area contributed by atoms with E-state index in [0.29, 0.717) is 22.4 Å². The first kappa shape index (κ1) is 19.8. The number of anilines is 1. The van der Waals surface area contributed by atoms with Gasteiger partial charge < -0.3 is 14.8 Å². The number of ether oxygens (including phenoxy) is 2. The maximum atomic E-state index is 13.6. The van der Waals surface area contributed by atoms with Gasteiger partial charge in [0.1, 0.15) is 12.4 Å². The molecule has 2 aromatic rings. The van der Waals surface area contributed by atoms with E-state index < -0.39 is 41.1 Å². The van der Waals surface area contributed by atoms with Crippen molar-refractivity contribution in [2.75, 3.05) is 11.9 Å². The van der Waals surface area contributed by atoms with E-state index in [4.69, 9.17) is 21.1 Å². The minimum absolute atomic E-state index is 0.0698. The second-order valence-corrected chi connectivity index (χ2v) is 6.34. The first-order chi connectivity index (χ1) is 13.3. The summed E-state index contributed by atoms with van der Waals surface area (Å²) in [6.07, 6.45) is 0.189. The number of rotatable bonds is 4. The van der Waals surface area contributed by atoms with Crippen molar-refractivity contribution < 1.29 is 32.2 Å². The molecule has 1 amide bonds. The van der Waals surface area contributed by atoms with Gasteiger partial charge in [-0.1, -0.05) is 11.6 Å². The van der Waals surface area contributed by atoms with E-state index >= 15 is 0 Å². The fraction of sp³-hybridized carbons (Fsp3) is 0.158. The number of nitrogens with one attached hydrogen (secondary N) is 1. The highest BCUT2D eigenvalue weighted by Gasteiger charge is 2.25. The number of carbonyl (C=O) groups excluding carboxylic acids is 2. The molecule has 0 saturated carbocycles. The zero-order valence-electron chi connectivity index (χ0n) is 14.4. The molecule has 1 aliphatic heterocycles. The average molecular weight is 412 g/mol. The topological polar surface area (TPSA) is 64.6 Å². The van der Waals surface area contributed by atoms with Crippen LogP contribution in [0.5, 0.6) is 5.75 Å². The average Bonchev–Trinajstić information content (AvgIpc) is 2.67. The molecule has 5 nitrogen and oxygen atoms in total. The van der Waals surface area contributed by atoms with Crippen molar-refractivity contribution in [3.05, 3.63) is 63.9 Å². The molecule has 0 spiro atoms. The number of benzene rings is 2. The fourth-order valence-electron chi connectivity index (χ4n) is 2.41. The Morgan fingerprint density at radius 3 is 2.68 bits per heavy atom. The molecule has 3 rings (SSSR count). The van der Waals surface area contributed by atoms with Crippen molar-refractivity contribution in [1.82, 2.24) is 0 Å². The molecule has 0 aliphatic carbocycles. The van der Waals surface area contributed by atoms with Gasteiger partial charge in [-0.25, -0.2) is 18.0 Å². The van der Waals surface area contributed by atoms with E-state index in [1.165, 1.54) is 13.0 Å². The summed E-state index contributed by atoms with van der Waals surface area (Å²) in [7, 11) is 0. The van der Waals surface area contributed by atoms with Crippen molar-refractivity contribution >= 4 is 35.2 Å². The van der Waals surface area contributed by atoms with Crippen LogP contribution in [0.2, 0.25) is 5.02 Å². The molecule has 0 bridgehead atoms. The molecule has 28 heavy (non-hydrogen) atoms. The molecule has 0 saturated heterocycles. The predicted octanol–water partition coefficient (Wildman–Crippen LogP) is 4.10. The van der Waals surface area contributed by atoms with Crippen LogP contribution in [0, 0.1) is 17.5 Å². The third-order valence-corrected chi connectivity index (χ3v) is 4.13. The molecule has 1 unspecified atom stereocenters. The van der Waals surface area contributed by atoms with Crippen LogP contribution in [-0.2, 0) is 14.3 Å². The van der Waals surface area contributed by atoms with Crippen molar-refractivity contribution in [3.63, 3.8) is 0 Å². The second-order valence-electron chi connectivity index (χ2n) is 5.90. The fourth-order valence-corrected chi connectivity index (χ4v) is 2.59. The Morgan fingerprint density at radius 1 is 1.18 bits per heavy atom. The number of carbonyl (C=O) groups is 2. The van der Waals surface area contributed by atoms with Gasteiger partial charge in [0.25, 0.3) is 5.91 Å². The lowest BCUT2D eigenvalue weighted by Gasteiger charge is -2.19. The van der Waals surface area contributed by atoms with Gasteiger partial charge in [0, 0.05) is 10.6 Å². The lowest BCUT2D eigenvalue weighted by molar-refractivity contribution is -0.149. The van der Waals surface area contributed by atoms with Crippen LogP contribution >= 0.6 is 11.6 Å². The largest absolute Gasteiger partial charge is 0.488 e. The number of hydrogen-bond donors (Lipinski definition) is 1. The smallest absolute Gasteiger partial charge is 0.338 e. The Bertz CT molecular complexity index is 993. The zero-order valence-corrected chi connectivity index (χ0v) is 15.1. The van der Waals surface area contributed by atoms with Crippen LogP contribution in [0.15, 0.2) is 35.9 Å². The quantitative estimate of drug-likeness (QED) is 0.607. The summed E-state index contributed by atoms with van der Waals surface area (Å²) >= 11 is 5.91. The van der Waals surface area contributed by atoms with Gasteiger partial charge in [0.05, 0.1) is 11.3 Å². The van der Waals surface area contributed by atoms with E-state index in [1.807, 2.05) is 5.32 Å². The van der Waals surface area contributed by atoms with Crippen molar-refractivity contribution in [3.8, 4) is 5.75 Å². The molecule has 1 aliphatic rings. The number of amides is 1. The highest BCUT2D eigenvalue weighted by Crippen LogP contribution is 2.29. The monoisotopic (exact) mass is 411 g/mol. The normalized spacial score (nSPS) is 13.7. The Hall–Kier alpha value is -3.00. The Kier molecular flexibility index (Phi) is 5.60. The predicted molar refractivity (Wildman–Crippen MR) is 95.4 cm³/mol. The van der Waals surface area contributed by atoms with Crippen molar-refractivity contribution in [1.29, 1.82) is 0 Å². The summed E-state index contributed by atoms with van der Waals surface area (Å²) in [6.45, 7) is 1.18. The van der Waals surface area contributed by atoms with Gasteiger partial charge >= 0.3 is 5.97 Å². The number of esters is 1. The third-order valence-electron chi connectivity index (χ3n) is 3.89. The van der Waals surface area contributed by atoms with Gasteiger partial charge in [-0.15, -0.1) is 0 Å². The van der Waals surface area contributed by atoms with Gasteiger partial charge in [0.2, 0.25) is 0 Å². The maximum absolute atomic E-state index is 13.6. The second kappa shape index (κ2) is 7.93. The van der Waals surface area contributed by atoms with Crippen LogP contribution in [0.1, 0.15) is 12.5 Å². The van der Waals surface area contributed by atoms with E-state index in [0.717, 1.165) is 6.07 Å². The summed E-state index contributed by atoms with van der Waals surface area (Å²) in [4.78, 5) is 24.3. The summed E-state index contributed by atoms with van der Waals surface area (Å²) < 4.78 is 50.3. The van der Waals surface area contributed by atoms with Crippen LogP contribution < -0.4 is 10.1 Å². The van der Waals surface area contributed by atoms with Crippen LogP contribution in [0.3, 0.4) is 0 Å². The summed E-state index contributed by atoms with van der Waals surface area (Å²) in [5.74, 6) is -5.86. The van der Waals surface area contributed by atoms with Crippen molar-refractivity contribution in [2.24, 2.45) is 0 Å². The minimum Gasteiger partial charge on any atom is -0.488 e. The Balaban J connectivity index is 1.67. The molecule has 0 fully saturated rings. The van der Waals surface area contributed by atoms with Crippen molar-refractivity contribution in [2.45, 2.75) is 13.0 Å². The Morgan fingerprint density at radius 2 is 1.93 bits per heavy atom. The van der Waals surface area contributed by atoms with E-state index in [9.17, 15) is 22.8 Å². The number of hydrogen-bond acceptors (Lipinski definition) is 4. The summed E-state index contributed by atoms with van der Waals surface area (Å²) in [5, 5.41) is 2.50. The maximum Gasteiger partial charge on any atom is 0.338 e. The molecule has 0 radical (unpaired) electrons. The van der Waals surface area contributed by atoms with Crippen LogP contribution in [-0.4, -0.2) is 24.6 Å². The Labute approximate surface area is 162 Å². The summed E-state index contributed by atoms with van der Waals surface area (Å²) in [6, 6.07) is 6.42. The minimum atomic E-state index is -1.72. The van der Waals surface area contributed by atoms with Crippen LogP contribution in [0.4, 0.5) is 18.9 Å². The molecule has 9 heteroatoms. The lowest BCUT2D eigenvalue weighted by Crippen LogP contribution is -2.31. The highest BCUT2D eigenvalue weighted by molar-refractivity contribution is 6.30. The zero-order chi connectivity index (χ0) is 20.4. The van der Waals surface area contributed by atoms with Gasteiger partial charge in [0.15, 0.2) is 23.6 Å².